The number of likely N-dealkylation sites (tertiary alicyclic amines) is 1. The van der Waals surface area contributed by atoms with Gasteiger partial charge in [0.05, 0.1) is 0 Å². The second kappa shape index (κ2) is 5.63. The number of halogens is 3. The molecule has 1 fully saturated rings. The summed E-state index contributed by atoms with van der Waals surface area (Å²) in [6.45, 7) is 0.264. The van der Waals surface area contributed by atoms with E-state index in [1.807, 2.05) is 0 Å². The molecular weight excluding hydrogens is 291 g/mol. The number of amides is 1. The largest absolute Gasteiger partial charge is 0.573 e. The van der Waals surface area contributed by atoms with Gasteiger partial charge in [-0.3, -0.25) is 4.79 Å². The lowest BCUT2D eigenvalue weighted by atomic mass is 10.1. The fourth-order valence-corrected chi connectivity index (χ4v) is 2.26. The van der Waals surface area contributed by atoms with Crippen molar-refractivity contribution < 1.29 is 32.6 Å². The molecule has 1 aliphatic rings. The van der Waals surface area contributed by atoms with Crippen molar-refractivity contribution in [3.05, 3.63) is 29.8 Å². The minimum atomic E-state index is -4.85. The van der Waals surface area contributed by atoms with Gasteiger partial charge in [-0.05, 0) is 31.0 Å². The number of nitrogens with zero attached hydrogens (tertiary/aromatic N) is 1. The number of hydrogen-bond acceptors (Lipinski definition) is 3. The number of carbonyl (C=O) groups is 2. The van der Waals surface area contributed by atoms with Gasteiger partial charge in [-0.25, -0.2) is 4.79 Å². The first-order valence-electron chi connectivity index (χ1n) is 6.17. The fourth-order valence-electron chi connectivity index (χ4n) is 2.26. The highest BCUT2D eigenvalue weighted by Gasteiger charge is 2.35. The average molecular weight is 303 g/mol. The number of alkyl halides is 3. The number of benzene rings is 1. The molecule has 0 saturated carbocycles. The molecule has 1 aromatic carbocycles. The first-order chi connectivity index (χ1) is 9.78. The van der Waals surface area contributed by atoms with Crippen LogP contribution in [0.5, 0.6) is 5.75 Å². The second-order valence-corrected chi connectivity index (χ2v) is 4.57. The summed E-state index contributed by atoms with van der Waals surface area (Å²) in [6, 6.07) is 3.66. The van der Waals surface area contributed by atoms with E-state index < -0.39 is 30.0 Å². The highest BCUT2D eigenvalue weighted by Crippen LogP contribution is 2.25. The Bertz CT molecular complexity index is 559. The third kappa shape index (κ3) is 3.65. The van der Waals surface area contributed by atoms with Gasteiger partial charge in [-0.1, -0.05) is 6.07 Å². The van der Waals surface area contributed by atoms with Gasteiger partial charge in [0, 0.05) is 12.1 Å². The first-order valence-corrected chi connectivity index (χ1v) is 6.17. The van der Waals surface area contributed by atoms with Gasteiger partial charge in [0.2, 0.25) is 0 Å². The predicted molar refractivity (Wildman–Crippen MR) is 64.8 cm³/mol. The van der Waals surface area contributed by atoms with Crippen molar-refractivity contribution in [3.63, 3.8) is 0 Å². The van der Waals surface area contributed by atoms with Crippen molar-refractivity contribution >= 4 is 11.9 Å². The maximum atomic E-state index is 12.2. The van der Waals surface area contributed by atoms with E-state index in [0.717, 1.165) is 17.0 Å². The Morgan fingerprint density at radius 1 is 1.33 bits per heavy atom. The second-order valence-electron chi connectivity index (χ2n) is 4.57. The molecule has 1 atom stereocenters. The fraction of sp³-hybridized carbons (Fsp3) is 0.385. The molecule has 1 aliphatic heterocycles. The van der Waals surface area contributed by atoms with Crippen LogP contribution < -0.4 is 4.74 Å². The van der Waals surface area contributed by atoms with Crippen molar-refractivity contribution in [2.24, 2.45) is 0 Å². The summed E-state index contributed by atoms with van der Waals surface area (Å²) in [4.78, 5) is 24.4. The molecular formula is C13H12F3NO4. The third-order valence-electron chi connectivity index (χ3n) is 3.11. The zero-order valence-electron chi connectivity index (χ0n) is 10.8. The third-order valence-corrected chi connectivity index (χ3v) is 3.11. The van der Waals surface area contributed by atoms with Crippen LogP contribution in [0.2, 0.25) is 0 Å². The van der Waals surface area contributed by atoms with Gasteiger partial charge in [0.15, 0.2) is 0 Å². The number of carbonyl (C=O) groups excluding carboxylic acids is 1. The molecule has 5 nitrogen and oxygen atoms in total. The molecule has 1 heterocycles. The lowest BCUT2D eigenvalue weighted by molar-refractivity contribution is -0.274. The highest BCUT2D eigenvalue weighted by atomic mass is 19.4. The topological polar surface area (TPSA) is 66.8 Å². The number of aliphatic carboxylic acids is 1. The summed E-state index contributed by atoms with van der Waals surface area (Å²) in [5.74, 6) is -2.25. The molecule has 0 spiro atoms. The minimum absolute atomic E-state index is 0.0371. The predicted octanol–water partition coefficient (Wildman–Crippen LogP) is 2.27. The Morgan fingerprint density at radius 2 is 2.05 bits per heavy atom. The van der Waals surface area contributed by atoms with Crippen LogP contribution in [-0.2, 0) is 4.79 Å². The zero-order valence-corrected chi connectivity index (χ0v) is 10.8. The molecule has 114 valence electrons. The molecule has 1 aromatic rings. The van der Waals surface area contributed by atoms with Crippen LogP contribution in [-0.4, -0.2) is 40.8 Å². The van der Waals surface area contributed by atoms with E-state index >= 15 is 0 Å². The van der Waals surface area contributed by atoms with E-state index in [1.165, 1.54) is 12.1 Å². The molecule has 2 rings (SSSR count). The maximum Gasteiger partial charge on any atom is 0.573 e. The maximum absolute atomic E-state index is 12.2. The Morgan fingerprint density at radius 3 is 2.67 bits per heavy atom. The van der Waals surface area contributed by atoms with Crippen LogP contribution >= 0.6 is 0 Å². The molecule has 1 amide bonds. The molecule has 0 aliphatic carbocycles. The molecule has 1 saturated heterocycles. The van der Waals surface area contributed by atoms with Crippen LogP contribution in [0.1, 0.15) is 23.2 Å². The molecule has 0 unspecified atom stereocenters. The summed E-state index contributed by atoms with van der Waals surface area (Å²) in [5.41, 5.74) is -0.0371. The molecule has 0 radical (unpaired) electrons. The molecule has 8 heteroatoms. The van der Waals surface area contributed by atoms with E-state index in [1.54, 1.807) is 0 Å². The molecule has 0 aromatic heterocycles. The van der Waals surface area contributed by atoms with Gasteiger partial charge in [0.1, 0.15) is 11.8 Å². The zero-order chi connectivity index (χ0) is 15.6. The van der Waals surface area contributed by atoms with E-state index in [2.05, 4.69) is 4.74 Å². The molecule has 21 heavy (non-hydrogen) atoms. The SMILES string of the molecule is O=C(O)[C@H]1CCCN1C(=O)c1cccc(OC(F)(F)F)c1. The minimum Gasteiger partial charge on any atom is -0.480 e. The quantitative estimate of drug-likeness (QED) is 0.930. The van der Waals surface area contributed by atoms with Crippen LogP contribution in [0.25, 0.3) is 0 Å². The summed E-state index contributed by atoms with van der Waals surface area (Å²) in [6.07, 6.45) is -3.97. The van der Waals surface area contributed by atoms with Crippen LogP contribution in [0.3, 0.4) is 0 Å². The van der Waals surface area contributed by atoms with E-state index in [0.29, 0.717) is 12.8 Å². The van der Waals surface area contributed by atoms with Crippen molar-refractivity contribution in [2.75, 3.05) is 6.54 Å². The Balaban J connectivity index is 2.19. The monoisotopic (exact) mass is 303 g/mol. The van der Waals surface area contributed by atoms with Gasteiger partial charge in [-0.15, -0.1) is 13.2 Å². The smallest absolute Gasteiger partial charge is 0.480 e. The Kier molecular flexibility index (Phi) is 4.06. The number of ether oxygens (including phenoxy) is 1. The highest BCUT2D eigenvalue weighted by molar-refractivity contribution is 5.97. The van der Waals surface area contributed by atoms with Crippen LogP contribution in [0.4, 0.5) is 13.2 Å². The van der Waals surface area contributed by atoms with E-state index in [9.17, 15) is 22.8 Å². The van der Waals surface area contributed by atoms with E-state index in [-0.39, 0.29) is 12.1 Å². The number of rotatable bonds is 3. The van der Waals surface area contributed by atoms with Gasteiger partial charge >= 0.3 is 12.3 Å². The summed E-state index contributed by atoms with van der Waals surface area (Å²) in [5, 5.41) is 9.02. The number of hydrogen-bond donors (Lipinski definition) is 1. The van der Waals surface area contributed by atoms with Crippen molar-refractivity contribution in [3.8, 4) is 5.75 Å². The van der Waals surface area contributed by atoms with Crippen molar-refractivity contribution in [2.45, 2.75) is 25.2 Å². The van der Waals surface area contributed by atoms with Crippen molar-refractivity contribution in [1.82, 2.24) is 4.90 Å². The summed E-state index contributed by atoms with van der Waals surface area (Å²) >= 11 is 0. The average Bonchev–Trinajstić information content (AvgIpc) is 2.85. The van der Waals surface area contributed by atoms with Crippen LogP contribution in [0, 0.1) is 0 Å². The van der Waals surface area contributed by atoms with Gasteiger partial charge < -0.3 is 14.7 Å². The van der Waals surface area contributed by atoms with Crippen LogP contribution in [0.15, 0.2) is 24.3 Å². The summed E-state index contributed by atoms with van der Waals surface area (Å²) in [7, 11) is 0. The first kappa shape index (κ1) is 15.1. The lowest BCUT2D eigenvalue weighted by Crippen LogP contribution is -2.40. The van der Waals surface area contributed by atoms with E-state index in [4.69, 9.17) is 5.11 Å². The number of carboxylic acids is 1. The Hall–Kier alpha value is -2.25. The van der Waals surface area contributed by atoms with Gasteiger partial charge in [-0.2, -0.15) is 0 Å². The van der Waals surface area contributed by atoms with Crippen molar-refractivity contribution in [1.29, 1.82) is 0 Å². The molecule has 0 bridgehead atoms. The standard InChI is InChI=1S/C13H12F3NO4/c14-13(15,16)21-9-4-1-3-8(7-9)11(18)17-6-2-5-10(17)12(19)20/h1,3-4,7,10H,2,5-6H2,(H,19,20)/t10-/m1/s1. The number of carboxylic acid groups (broad SMARTS) is 1. The summed E-state index contributed by atoms with van der Waals surface area (Å²) < 4.78 is 40.2. The normalized spacial score (nSPS) is 18.6. The lowest BCUT2D eigenvalue weighted by Gasteiger charge is -2.21. The van der Waals surface area contributed by atoms with Gasteiger partial charge in [0.25, 0.3) is 5.91 Å². The Labute approximate surface area is 117 Å². The molecule has 1 N–H and O–H groups in total.